The first-order valence-electron chi connectivity index (χ1n) is 9.86. The van der Waals surface area contributed by atoms with Crippen molar-refractivity contribution in [2.24, 2.45) is 0 Å². The number of fused-ring (bicyclic) bond motifs is 2. The number of halogens is 6. The molecule has 1 aromatic heterocycles. The zero-order chi connectivity index (χ0) is 23.3. The maximum absolute atomic E-state index is 12.9. The largest absolute Gasteiger partial charge is 0.489 e. The highest BCUT2D eigenvalue weighted by Crippen LogP contribution is 2.41. The highest BCUT2D eigenvalue weighted by Gasteiger charge is 2.43. The fourth-order valence-corrected chi connectivity index (χ4v) is 4.46. The number of benzene rings is 1. The summed E-state index contributed by atoms with van der Waals surface area (Å²) >= 11 is 0. The molecule has 3 heterocycles. The fourth-order valence-electron chi connectivity index (χ4n) is 4.46. The molecule has 3 atom stereocenters. The highest BCUT2D eigenvalue weighted by atomic mass is 19.4. The molecule has 0 spiro atoms. The monoisotopic (exact) mass is 460 g/mol. The van der Waals surface area contributed by atoms with Gasteiger partial charge in [-0.2, -0.15) is 26.3 Å². The lowest BCUT2D eigenvalue weighted by Crippen LogP contribution is -2.47. The van der Waals surface area contributed by atoms with Crippen LogP contribution in [0.4, 0.5) is 32.2 Å². The van der Waals surface area contributed by atoms with E-state index >= 15 is 0 Å². The molecule has 2 saturated heterocycles. The van der Waals surface area contributed by atoms with Crippen molar-refractivity contribution < 1.29 is 41.0 Å². The van der Waals surface area contributed by atoms with Gasteiger partial charge in [-0.1, -0.05) is 0 Å². The predicted octanol–water partition coefficient (Wildman–Crippen LogP) is 5.40. The van der Waals surface area contributed by atoms with Gasteiger partial charge in [-0.25, -0.2) is 9.78 Å². The lowest BCUT2D eigenvalue weighted by Gasteiger charge is -2.39. The van der Waals surface area contributed by atoms with E-state index in [1.54, 1.807) is 0 Å². The van der Waals surface area contributed by atoms with E-state index in [2.05, 4.69) is 4.98 Å². The summed E-state index contributed by atoms with van der Waals surface area (Å²) in [5.41, 5.74) is -2.49. The van der Waals surface area contributed by atoms with Gasteiger partial charge in [0.15, 0.2) is 0 Å². The van der Waals surface area contributed by atoms with Crippen molar-refractivity contribution in [1.29, 1.82) is 0 Å². The third kappa shape index (κ3) is 4.33. The predicted molar refractivity (Wildman–Crippen MR) is 101 cm³/mol. The molecule has 1 unspecified atom stereocenters. The first-order valence-corrected chi connectivity index (χ1v) is 9.86. The van der Waals surface area contributed by atoms with Gasteiger partial charge in [-0.15, -0.1) is 0 Å². The van der Waals surface area contributed by atoms with Crippen LogP contribution >= 0.6 is 0 Å². The summed E-state index contributed by atoms with van der Waals surface area (Å²) in [6, 6.07) is 4.49. The van der Waals surface area contributed by atoms with Crippen molar-refractivity contribution in [2.75, 3.05) is 4.90 Å². The first kappa shape index (κ1) is 22.2. The van der Waals surface area contributed by atoms with Gasteiger partial charge >= 0.3 is 18.3 Å². The Bertz CT molecular complexity index is 992. The lowest BCUT2D eigenvalue weighted by molar-refractivity contribution is -0.138. The number of carbonyl (C=O) groups is 1. The molecule has 2 aliphatic heterocycles. The van der Waals surface area contributed by atoms with Crippen molar-refractivity contribution in [3.05, 3.63) is 53.2 Å². The third-order valence-corrected chi connectivity index (χ3v) is 5.86. The maximum Gasteiger partial charge on any atom is 0.417 e. The molecule has 2 bridgehead atoms. The van der Waals surface area contributed by atoms with Crippen LogP contribution in [0, 0.1) is 0 Å². The van der Waals surface area contributed by atoms with Gasteiger partial charge in [0.05, 0.1) is 11.1 Å². The molecular formula is C21H18F6N2O3. The SMILES string of the molecule is O=C(O)c1cc(C(F)(F)F)ccc1OC1C[C@H]2CC[C@@H](C1)N2c1ccc(C(F)(F)F)cn1. The minimum atomic E-state index is -4.68. The Kier molecular flexibility index (Phi) is 5.46. The van der Waals surface area contributed by atoms with Crippen LogP contribution in [-0.4, -0.2) is 34.2 Å². The molecule has 0 saturated carbocycles. The Labute approximate surface area is 178 Å². The average Bonchev–Trinajstić information content (AvgIpc) is 2.97. The number of pyridine rings is 1. The summed E-state index contributed by atoms with van der Waals surface area (Å²) in [6.45, 7) is 0. The average molecular weight is 460 g/mol. The number of ether oxygens (including phenoxy) is 1. The number of hydrogen-bond acceptors (Lipinski definition) is 4. The van der Waals surface area contributed by atoms with Gasteiger partial charge in [-0.05, 0) is 43.2 Å². The van der Waals surface area contributed by atoms with Crippen molar-refractivity contribution in [2.45, 2.75) is 56.2 Å². The number of nitrogens with zero attached hydrogens (tertiary/aromatic N) is 2. The van der Waals surface area contributed by atoms with Gasteiger partial charge in [-0.3, -0.25) is 0 Å². The van der Waals surface area contributed by atoms with E-state index in [9.17, 15) is 36.2 Å². The van der Waals surface area contributed by atoms with E-state index in [1.165, 1.54) is 6.07 Å². The molecule has 2 fully saturated rings. The van der Waals surface area contributed by atoms with Gasteiger partial charge in [0.25, 0.3) is 0 Å². The van der Waals surface area contributed by atoms with Gasteiger partial charge in [0.2, 0.25) is 0 Å². The third-order valence-electron chi connectivity index (χ3n) is 5.86. The van der Waals surface area contributed by atoms with Crippen LogP contribution in [0.5, 0.6) is 5.75 Å². The van der Waals surface area contributed by atoms with E-state index < -0.39 is 41.1 Å². The molecule has 0 amide bonds. The van der Waals surface area contributed by atoms with Crippen molar-refractivity contribution >= 4 is 11.8 Å². The van der Waals surface area contributed by atoms with Crippen LogP contribution in [0.3, 0.4) is 0 Å². The number of anilines is 1. The zero-order valence-electron chi connectivity index (χ0n) is 16.5. The maximum atomic E-state index is 12.9. The molecule has 2 aliphatic rings. The van der Waals surface area contributed by atoms with Crippen molar-refractivity contribution in [3.8, 4) is 5.75 Å². The van der Waals surface area contributed by atoms with E-state index in [1.807, 2.05) is 4.90 Å². The number of piperidine rings is 1. The van der Waals surface area contributed by atoms with E-state index in [0.717, 1.165) is 37.2 Å². The molecule has 172 valence electrons. The number of aromatic nitrogens is 1. The number of hydrogen-bond donors (Lipinski definition) is 1. The minimum Gasteiger partial charge on any atom is -0.489 e. The van der Waals surface area contributed by atoms with Crippen LogP contribution in [0.1, 0.15) is 47.2 Å². The zero-order valence-corrected chi connectivity index (χ0v) is 16.5. The topological polar surface area (TPSA) is 62.7 Å². The number of alkyl halides is 6. The Morgan fingerprint density at radius 2 is 1.56 bits per heavy atom. The van der Waals surface area contributed by atoms with E-state index in [0.29, 0.717) is 24.7 Å². The Morgan fingerprint density at radius 3 is 2.06 bits per heavy atom. The standard InChI is InChI=1S/C21H18F6N2O3/c22-20(23,24)11-1-5-17(16(7-11)19(30)31)32-15-8-13-3-4-14(9-15)29(13)18-6-2-12(10-28-18)21(25,26)27/h1-2,5-7,10,13-15H,3-4,8-9H2,(H,30,31)/t13-,14+,15?. The quantitative estimate of drug-likeness (QED) is 0.620. The highest BCUT2D eigenvalue weighted by molar-refractivity contribution is 5.91. The van der Waals surface area contributed by atoms with Crippen LogP contribution < -0.4 is 9.64 Å². The van der Waals surface area contributed by atoms with Crippen molar-refractivity contribution in [1.82, 2.24) is 4.98 Å². The molecule has 1 N–H and O–H groups in total. The van der Waals surface area contributed by atoms with Crippen LogP contribution in [0.15, 0.2) is 36.5 Å². The molecule has 5 nitrogen and oxygen atoms in total. The van der Waals surface area contributed by atoms with Gasteiger partial charge in [0.1, 0.15) is 23.2 Å². The van der Waals surface area contributed by atoms with E-state index in [-0.39, 0.29) is 17.8 Å². The smallest absolute Gasteiger partial charge is 0.417 e. The first-order chi connectivity index (χ1) is 14.9. The Hall–Kier alpha value is -2.98. The molecule has 0 radical (unpaired) electrons. The molecule has 11 heteroatoms. The molecule has 0 aliphatic carbocycles. The summed E-state index contributed by atoms with van der Waals surface area (Å²) in [5.74, 6) is -1.25. The second-order valence-corrected chi connectivity index (χ2v) is 7.92. The molecule has 4 rings (SSSR count). The molecule has 1 aromatic carbocycles. The summed E-state index contributed by atoms with van der Waals surface area (Å²) in [4.78, 5) is 17.4. The summed E-state index contributed by atoms with van der Waals surface area (Å²) < 4.78 is 82.9. The molecule has 32 heavy (non-hydrogen) atoms. The summed E-state index contributed by atoms with van der Waals surface area (Å²) in [5, 5.41) is 9.33. The van der Waals surface area contributed by atoms with Gasteiger partial charge in [0, 0.05) is 31.1 Å². The lowest BCUT2D eigenvalue weighted by atomic mass is 9.99. The van der Waals surface area contributed by atoms with Crippen LogP contribution in [0.25, 0.3) is 0 Å². The van der Waals surface area contributed by atoms with Crippen LogP contribution in [-0.2, 0) is 12.4 Å². The van der Waals surface area contributed by atoms with Crippen molar-refractivity contribution in [3.63, 3.8) is 0 Å². The Balaban J connectivity index is 1.50. The minimum absolute atomic E-state index is 0.0780. The summed E-state index contributed by atoms with van der Waals surface area (Å²) in [6.07, 6.45) is -6.40. The van der Waals surface area contributed by atoms with E-state index in [4.69, 9.17) is 4.74 Å². The fraction of sp³-hybridized carbons (Fsp3) is 0.429. The Morgan fingerprint density at radius 1 is 0.969 bits per heavy atom. The molecular weight excluding hydrogens is 442 g/mol. The van der Waals surface area contributed by atoms with Crippen LogP contribution in [0.2, 0.25) is 0 Å². The number of carboxylic acid groups (broad SMARTS) is 1. The molecule has 2 aromatic rings. The number of rotatable bonds is 4. The van der Waals surface area contributed by atoms with Gasteiger partial charge < -0.3 is 14.7 Å². The summed E-state index contributed by atoms with van der Waals surface area (Å²) in [7, 11) is 0. The number of carboxylic acids is 1. The number of aromatic carboxylic acids is 1. The second-order valence-electron chi connectivity index (χ2n) is 7.92. The normalized spacial score (nSPS) is 23.3. The second kappa shape index (κ2) is 7.86.